The van der Waals surface area contributed by atoms with Crippen molar-refractivity contribution in [2.75, 3.05) is 25.5 Å². The van der Waals surface area contributed by atoms with E-state index in [1.807, 2.05) is 6.07 Å². The molecule has 188 valence electrons. The minimum absolute atomic E-state index is 0.139. The summed E-state index contributed by atoms with van der Waals surface area (Å²) < 4.78 is 7.54. The van der Waals surface area contributed by atoms with Gasteiger partial charge in [0.15, 0.2) is 11.3 Å². The average molecular weight is 539 g/mol. The van der Waals surface area contributed by atoms with E-state index in [0.29, 0.717) is 62.6 Å². The second-order valence-corrected chi connectivity index (χ2v) is 8.79. The summed E-state index contributed by atoms with van der Waals surface area (Å²) in [4.78, 5) is 18.1. The number of nitriles is 1. The molecule has 0 unspecified atom stereocenters. The number of benzene rings is 2. The second-order valence-electron chi connectivity index (χ2n) is 7.95. The summed E-state index contributed by atoms with van der Waals surface area (Å²) in [7, 11) is 1.63. The third-order valence-corrected chi connectivity index (χ3v) is 5.84. The zero-order chi connectivity index (χ0) is 26.5. The number of nitrogens with zero attached hydrogens (tertiary/aromatic N) is 6. The van der Waals surface area contributed by atoms with Crippen LogP contribution in [-0.2, 0) is 6.54 Å². The number of nitrogens with two attached hydrogens (primary N) is 2. The largest absolute Gasteiger partial charge is 0.453 e. The predicted octanol–water partition coefficient (Wildman–Crippen LogP) is 2.47. The summed E-state index contributed by atoms with van der Waals surface area (Å²) in [5.74, 6) is 0.890. The summed E-state index contributed by atoms with van der Waals surface area (Å²) in [5, 5.41) is 27.5. The van der Waals surface area contributed by atoms with Crippen LogP contribution in [-0.4, -0.2) is 56.8 Å². The number of rotatable bonds is 8. The molecule has 5 N–H and O–H groups in total. The number of ether oxygens (including phenoxy) is 1. The molecule has 0 saturated heterocycles. The van der Waals surface area contributed by atoms with E-state index in [-0.39, 0.29) is 18.3 Å². The first-order valence-corrected chi connectivity index (χ1v) is 11.8. The lowest BCUT2D eigenvalue weighted by Crippen LogP contribution is -2.44. The lowest BCUT2D eigenvalue weighted by atomic mass is 10.1. The number of aromatic nitrogens is 4. The van der Waals surface area contributed by atoms with Crippen LogP contribution < -0.4 is 21.2 Å². The van der Waals surface area contributed by atoms with E-state index >= 15 is 0 Å². The summed E-state index contributed by atoms with van der Waals surface area (Å²) >= 11 is 12.5. The van der Waals surface area contributed by atoms with E-state index in [1.165, 1.54) is 11.0 Å². The van der Waals surface area contributed by atoms with Gasteiger partial charge in [0.1, 0.15) is 18.1 Å². The lowest BCUT2D eigenvalue weighted by molar-refractivity contribution is -0.115. The number of fused-ring (bicyclic) bond motifs is 1. The van der Waals surface area contributed by atoms with E-state index in [0.717, 1.165) is 0 Å². The van der Waals surface area contributed by atoms with Gasteiger partial charge in [-0.25, -0.2) is 14.5 Å². The molecule has 2 aromatic heterocycles. The van der Waals surface area contributed by atoms with E-state index in [1.54, 1.807) is 54.3 Å². The first-order chi connectivity index (χ1) is 17.8. The Hall–Kier alpha value is -4.24. The summed E-state index contributed by atoms with van der Waals surface area (Å²) in [6.45, 7) is 0.859. The number of amides is 2. The second kappa shape index (κ2) is 11.2. The van der Waals surface area contributed by atoms with Crippen molar-refractivity contribution >= 4 is 51.8 Å². The van der Waals surface area contributed by atoms with Gasteiger partial charge in [0.2, 0.25) is 5.71 Å². The van der Waals surface area contributed by atoms with Crippen molar-refractivity contribution in [3.63, 3.8) is 0 Å². The third kappa shape index (κ3) is 5.78. The first-order valence-electron chi connectivity index (χ1n) is 11.0. The van der Waals surface area contributed by atoms with Crippen LogP contribution in [0.15, 0.2) is 48.7 Å². The summed E-state index contributed by atoms with van der Waals surface area (Å²) in [6, 6.07) is 13.2. The Balaban J connectivity index is 1.61. The number of carbonyl (C=O) groups excluding carboxylic acids is 1. The topological polar surface area (TPSA) is 161 Å². The Morgan fingerprint density at radius 3 is 2.86 bits per heavy atom. The van der Waals surface area contributed by atoms with Crippen LogP contribution in [0, 0.1) is 11.3 Å². The van der Waals surface area contributed by atoms with Crippen LogP contribution >= 0.6 is 23.2 Å². The molecule has 0 fully saturated rings. The van der Waals surface area contributed by atoms with Crippen LogP contribution in [0.5, 0.6) is 11.5 Å². The quantitative estimate of drug-likeness (QED) is 0.290. The van der Waals surface area contributed by atoms with Gasteiger partial charge in [0.05, 0.1) is 27.7 Å². The Morgan fingerprint density at radius 1 is 1.30 bits per heavy atom. The maximum absolute atomic E-state index is 12.4. The van der Waals surface area contributed by atoms with Gasteiger partial charge in [0.25, 0.3) is 0 Å². The normalized spacial score (nSPS) is 10.7. The highest BCUT2D eigenvalue weighted by Gasteiger charge is 2.21. The fourth-order valence-corrected chi connectivity index (χ4v) is 3.92. The van der Waals surface area contributed by atoms with Crippen molar-refractivity contribution < 1.29 is 14.9 Å². The predicted molar refractivity (Wildman–Crippen MR) is 140 cm³/mol. The molecule has 0 aliphatic carbocycles. The molecule has 2 heterocycles. The van der Waals surface area contributed by atoms with Crippen molar-refractivity contribution in [2.45, 2.75) is 6.54 Å². The molecule has 0 spiro atoms. The van der Waals surface area contributed by atoms with Gasteiger partial charge in [0, 0.05) is 31.4 Å². The Kier molecular flexibility index (Phi) is 7.83. The molecule has 37 heavy (non-hydrogen) atoms. The molecule has 13 heteroatoms. The molecule has 0 bridgehead atoms. The van der Waals surface area contributed by atoms with Gasteiger partial charge in [-0.3, -0.25) is 10.7 Å². The third-order valence-electron chi connectivity index (χ3n) is 5.32. The Labute approximate surface area is 221 Å². The number of urea groups is 1. The molecular formula is C24H22Cl2N9O2+. The van der Waals surface area contributed by atoms with Gasteiger partial charge in [-0.15, -0.1) is 5.10 Å². The van der Waals surface area contributed by atoms with Gasteiger partial charge in [-0.05, 0) is 42.5 Å². The van der Waals surface area contributed by atoms with Gasteiger partial charge >= 0.3 is 6.03 Å². The molecule has 0 aliphatic rings. The monoisotopic (exact) mass is 538 g/mol. The number of halogens is 2. The van der Waals surface area contributed by atoms with Crippen LogP contribution in [0.4, 0.5) is 10.6 Å². The van der Waals surface area contributed by atoms with E-state index in [2.05, 4.69) is 20.6 Å². The van der Waals surface area contributed by atoms with Crippen LogP contribution in [0.1, 0.15) is 11.1 Å². The molecule has 2 amide bonds. The van der Waals surface area contributed by atoms with E-state index in [4.69, 9.17) is 39.1 Å². The minimum atomic E-state index is -0.360. The van der Waals surface area contributed by atoms with Gasteiger partial charge in [-0.1, -0.05) is 28.4 Å². The minimum Gasteiger partial charge on any atom is -0.453 e. The average Bonchev–Trinajstić information content (AvgIpc) is 3.28. The van der Waals surface area contributed by atoms with Crippen LogP contribution in [0.25, 0.3) is 11.0 Å². The first kappa shape index (κ1) is 25.8. The highest BCUT2D eigenvalue weighted by atomic mass is 35.5. The highest BCUT2D eigenvalue weighted by Crippen LogP contribution is 2.36. The number of pyridine rings is 1. The number of anilines is 1. The molecule has 4 rings (SSSR count). The SMILES string of the molecule is CN(CCN)C(=O)Nc1ncccc1C(=[NH2+])Cn1nnc2c(Oc3cc(Cl)cc(C#N)c3)c(Cl)ccc21. The molecule has 0 aliphatic heterocycles. The number of likely N-dealkylation sites (N-methyl/N-ethyl adjacent to an activating group) is 1. The number of hydrogen-bond acceptors (Lipinski definition) is 7. The Bertz CT molecular complexity index is 1530. The van der Waals surface area contributed by atoms with Crippen molar-refractivity contribution in [1.29, 1.82) is 5.26 Å². The maximum atomic E-state index is 12.4. The zero-order valence-electron chi connectivity index (χ0n) is 19.7. The smallest absolute Gasteiger partial charge is 0.322 e. The summed E-state index contributed by atoms with van der Waals surface area (Å²) in [5.41, 5.74) is 7.79. The Morgan fingerprint density at radius 2 is 2.11 bits per heavy atom. The van der Waals surface area contributed by atoms with Crippen molar-refractivity contribution in [3.8, 4) is 17.6 Å². The molecule has 0 atom stereocenters. The molecule has 0 radical (unpaired) electrons. The van der Waals surface area contributed by atoms with Crippen molar-refractivity contribution in [3.05, 3.63) is 69.8 Å². The molecule has 4 aromatic rings. The highest BCUT2D eigenvalue weighted by molar-refractivity contribution is 6.33. The molecule has 11 nitrogen and oxygen atoms in total. The van der Waals surface area contributed by atoms with E-state index in [9.17, 15) is 10.1 Å². The molecule has 0 saturated carbocycles. The van der Waals surface area contributed by atoms with Gasteiger partial charge in [-0.2, -0.15) is 5.26 Å². The maximum Gasteiger partial charge on any atom is 0.322 e. The van der Waals surface area contributed by atoms with Crippen LogP contribution in [0.2, 0.25) is 10.0 Å². The van der Waals surface area contributed by atoms with Gasteiger partial charge < -0.3 is 15.4 Å². The number of hydrogen-bond donors (Lipinski definition) is 3. The number of carbonyl (C=O) groups is 1. The van der Waals surface area contributed by atoms with Crippen molar-refractivity contribution in [1.82, 2.24) is 24.9 Å². The van der Waals surface area contributed by atoms with Crippen LogP contribution in [0.3, 0.4) is 0 Å². The van der Waals surface area contributed by atoms with Crippen molar-refractivity contribution in [2.24, 2.45) is 5.73 Å². The zero-order valence-corrected chi connectivity index (χ0v) is 21.2. The summed E-state index contributed by atoms with van der Waals surface area (Å²) in [6.07, 6.45) is 1.55. The van der Waals surface area contributed by atoms with E-state index < -0.39 is 0 Å². The molecule has 2 aromatic carbocycles. The fraction of sp³-hybridized carbons (Fsp3) is 0.167. The fourth-order valence-electron chi connectivity index (χ4n) is 3.51. The molecular weight excluding hydrogens is 517 g/mol. The lowest BCUT2D eigenvalue weighted by Gasteiger charge is -2.17. The standard InChI is InChI=1S/C24H21Cl2N9O2/c1-34(8-6-27)24(36)31-23-17(3-2-7-30-23)19(29)13-35-20-5-4-18(26)22(21(20)32-33-35)37-16-10-14(12-28)9-15(25)11-16/h2-5,7,9-11,29H,6,8,13,27H2,1H3,(H,30,31,36)/p+1. The number of nitrogens with one attached hydrogen (secondary N) is 1.